The van der Waals surface area contributed by atoms with Gasteiger partial charge >= 0.3 is 5.97 Å². The molecular formula is C40H67NO13. The molecule has 2 fully saturated rings. The number of aldehydes is 1. The molecule has 17 atom stereocenters. The predicted molar refractivity (Wildman–Crippen MR) is 199 cm³/mol. The topological polar surface area (TPSA) is 180 Å². The standard InChI is InChI=1S/C40H67NO13/c1-12-31-28(20-50-40-37(49-11)36(48-10)33(45)26(7)52-40)17-21(2)13-14-30(43)22(3)18-27(15-16-42)35(24(5)32(44)25(6)38(47)53-31)54-39-34(46)29(41(8)9)19-23(4)51-39/h13-14,16-17,22-29,31-37,39-40,44-46H,12,15,18-20H2,1-11H3/b14-13+,21-17+/t22?,23-,24?,25+,26-,27?,28?,29+,31?,32+,33-,34-,35?,36-,37-,39+,40-/m1/s1. The van der Waals surface area contributed by atoms with Crippen LogP contribution >= 0.6 is 0 Å². The summed E-state index contributed by atoms with van der Waals surface area (Å²) >= 11 is 0. The van der Waals surface area contributed by atoms with Gasteiger partial charge in [-0.1, -0.05) is 38.5 Å². The van der Waals surface area contributed by atoms with Crippen LogP contribution in [0, 0.1) is 29.6 Å². The number of likely N-dealkylation sites (N-methyl/N-ethyl adjacent to an activating group) is 1. The van der Waals surface area contributed by atoms with Crippen molar-refractivity contribution in [3.8, 4) is 0 Å². The number of aliphatic hydroxyl groups is 3. The van der Waals surface area contributed by atoms with Gasteiger partial charge in [0.15, 0.2) is 18.4 Å². The Morgan fingerprint density at radius 2 is 1.56 bits per heavy atom. The summed E-state index contributed by atoms with van der Waals surface area (Å²) in [7, 11) is 6.69. The zero-order valence-electron chi connectivity index (χ0n) is 34.0. The summed E-state index contributed by atoms with van der Waals surface area (Å²) in [5.41, 5.74) is 0.720. The number of carbonyl (C=O) groups is 3. The van der Waals surface area contributed by atoms with E-state index in [0.717, 1.165) is 11.9 Å². The summed E-state index contributed by atoms with van der Waals surface area (Å²) < 4.78 is 42.1. The van der Waals surface area contributed by atoms with Gasteiger partial charge in [-0.25, -0.2) is 0 Å². The third kappa shape index (κ3) is 11.7. The first-order valence-corrected chi connectivity index (χ1v) is 19.4. The Hall–Kier alpha value is -2.11. The molecule has 3 aliphatic heterocycles. The number of nitrogens with zero attached hydrogens (tertiary/aromatic N) is 1. The van der Waals surface area contributed by atoms with Crippen LogP contribution in [0.1, 0.15) is 74.1 Å². The molecule has 0 aromatic carbocycles. The van der Waals surface area contributed by atoms with Gasteiger partial charge in [-0.3, -0.25) is 9.59 Å². The molecule has 0 bridgehead atoms. The van der Waals surface area contributed by atoms with Crippen molar-refractivity contribution in [2.24, 2.45) is 29.6 Å². The molecule has 0 aromatic heterocycles. The van der Waals surface area contributed by atoms with E-state index in [4.69, 9.17) is 33.2 Å². The van der Waals surface area contributed by atoms with Gasteiger partial charge in [0, 0.05) is 44.4 Å². The van der Waals surface area contributed by atoms with Gasteiger partial charge in [0.25, 0.3) is 0 Å². The maximum atomic E-state index is 13.9. The number of allylic oxidation sites excluding steroid dienone is 3. The highest BCUT2D eigenvalue weighted by atomic mass is 16.7. The Balaban J connectivity index is 2.00. The molecule has 6 unspecified atom stereocenters. The van der Waals surface area contributed by atoms with Crippen molar-refractivity contribution in [2.45, 2.75) is 148 Å². The molecule has 0 aliphatic carbocycles. The molecule has 0 amide bonds. The first kappa shape index (κ1) is 46.3. The van der Waals surface area contributed by atoms with Crippen LogP contribution in [0.15, 0.2) is 23.8 Å². The van der Waals surface area contributed by atoms with Crippen LogP contribution in [0.25, 0.3) is 0 Å². The molecule has 0 radical (unpaired) electrons. The van der Waals surface area contributed by atoms with Gasteiger partial charge in [0.05, 0.1) is 36.9 Å². The van der Waals surface area contributed by atoms with Crippen molar-refractivity contribution in [2.75, 3.05) is 34.9 Å². The van der Waals surface area contributed by atoms with Gasteiger partial charge in [-0.15, -0.1) is 0 Å². The van der Waals surface area contributed by atoms with Crippen molar-refractivity contribution >= 4 is 18.0 Å². The number of cyclic esters (lactones) is 1. The minimum atomic E-state index is -1.29. The number of aliphatic hydroxyl groups excluding tert-OH is 3. The quantitative estimate of drug-likeness (QED) is 0.206. The second-order valence-electron chi connectivity index (χ2n) is 15.7. The first-order valence-electron chi connectivity index (χ1n) is 19.4. The predicted octanol–water partition coefficient (Wildman–Crippen LogP) is 2.84. The minimum Gasteiger partial charge on any atom is -0.461 e. The van der Waals surface area contributed by atoms with E-state index in [0.29, 0.717) is 12.8 Å². The molecule has 2 saturated heterocycles. The molecule has 0 aromatic rings. The van der Waals surface area contributed by atoms with Gasteiger partial charge < -0.3 is 58.2 Å². The Morgan fingerprint density at radius 1 is 0.889 bits per heavy atom. The average molecular weight is 770 g/mol. The maximum absolute atomic E-state index is 13.9. The molecule has 3 rings (SSSR count). The number of carbonyl (C=O) groups excluding carboxylic acids is 3. The molecule has 310 valence electrons. The van der Waals surface area contributed by atoms with E-state index < -0.39 is 97.0 Å². The Kier molecular flexibility index (Phi) is 18.4. The largest absolute Gasteiger partial charge is 0.461 e. The average Bonchev–Trinajstić information content (AvgIpc) is 3.13. The molecule has 0 saturated carbocycles. The number of hydrogen-bond donors (Lipinski definition) is 3. The number of hydrogen-bond acceptors (Lipinski definition) is 14. The highest BCUT2D eigenvalue weighted by molar-refractivity contribution is 5.91. The summed E-state index contributed by atoms with van der Waals surface area (Å²) in [6.07, 6.45) is -2.07. The lowest BCUT2D eigenvalue weighted by atomic mass is 9.78. The second-order valence-corrected chi connectivity index (χ2v) is 15.7. The lowest BCUT2D eigenvalue weighted by Crippen LogP contribution is -2.59. The summed E-state index contributed by atoms with van der Waals surface area (Å²) in [6.45, 7) is 12.4. The number of rotatable bonds is 11. The van der Waals surface area contributed by atoms with E-state index >= 15 is 0 Å². The Bertz CT molecular complexity index is 1260. The highest BCUT2D eigenvalue weighted by Gasteiger charge is 2.47. The molecule has 0 spiro atoms. The summed E-state index contributed by atoms with van der Waals surface area (Å²) in [5.74, 6) is -4.17. The van der Waals surface area contributed by atoms with Crippen LogP contribution in [0.4, 0.5) is 0 Å². The van der Waals surface area contributed by atoms with E-state index in [1.807, 2.05) is 45.8 Å². The zero-order chi connectivity index (χ0) is 40.4. The Morgan fingerprint density at radius 3 is 2.15 bits per heavy atom. The van der Waals surface area contributed by atoms with Crippen molar-refractivity contribution in [3.05, 3.63) is 23.8 Å². The minimum absolute atomic E-state index is 0.0212. The number of esters is 1. The van der Waals surface area contributed by atoms with Crippen molar-refractivity contribution in [1.29, 1.82) is 0 Å². The first-order chi connectivity index (χ1) is 25.5. The van der Waals surface area contributed by atoms with Gasteiger partial charge in [0.2, 0.25) is 0 Å². The fraction of sp³-hybridized carbons (Fsp3) is 0.825. The van der Waals surface area contributed by atoms with Crippen LogP contribution in [-0.4, -0.2) is 147 Å². The molecular weight excluding hydrogens is 702 g/mol. The molecule has 3 heterocycles. The summed E-state index contributed by atoms with van der Waals surface area (Å²) in [5, 5.41) is 33.8. The molecule has 14 heteroatoms. The van der Waals surface area contributed by atoms with Crippen LogP contribution in [0.2, 0.25) is 0 Å². The van der Waals surface area contributed by atoms with Gasteiger partial charge in [-0.05, 0) is 73.0 Å². The third-order valence-electron chi connectivity index (χ3n) is 11.4. The fourth-order valence-electron chi connectivity index (χ4n) is 7.93. The third-order valence-corrected chi connectivity index (χ3v) is 11.4. The number of ether oxygens (including phenoxy) is 7. The number of methoxy groups -OCH3 is 2. The molecule has 14 nitrogen and oxygen atoms in total. The maximum Gasteiger partial charge on any atom is 0.311 e. The van der Waals surface area contributed by atoms with E-state index in [9.17, 15) is 29.7 Å². The molecule has 3 aliphatic rings. The lowest BCUT2D eigenvalue weighted by Gasteiger charge is -2.44. The van der Waals surface area contributed by atoms with Crippen LogP contribution < -0.4 is 0 Å². The van der Waals surface area contributed by atoms with Gasteiger partial charge in [-0.2, -0.15) is 0 Å². The van der Waals surface area contributed by atoms with Crippen LogP contribution in [0.5, 0.6) is 0 Å². The number of ketones is 1. The monoisotopic (exact) mass is 769 g/mol. The van der Waals surface area contributed by atoms with Crippen LogP contribution in [-0.2, 0) is 47.5 Å². The van der Waals surface area contributed by atoms with Crippen molar-refractivity contribution < 1.29 is 62.9 Å². The van der Waals surface area contributed by atoms with Crippen molar-refractivity contribution in [3.63, 3.8) is 0 Å². The van der Waals surface area contributed by atoms with E-state index in [1.165, 1.54) is 20.3 Å². The fourth-order valence-corrected chi connectivity index (χ4v) is 7.93. The SMILES string of the molecule is CCC1OC(=O)[C@@H](C)[C@@H](O)C(C)C(O[C@@H]2O[C@H](C)C[C@H](N(C)C)[C@H]2O)C(CC=O)CC(C)C(=O)/C=C/C(C)=C/C1CO[C@@H]1O[C@H](C)[C@@H](O)[C@@H](OC)[C@H]1OC. The Labute approximate surface area is 321 Å². The van der Waals surface area contributed by atoms with E-state index in [-0.39, 0.29) is 37.4 Å². The van der Waals surface area contributed by atoms with Gasteiger partial charge in [0.1, 0.15) is 36.8 Å². The lowest BCUT2D eigenvalue weighted by molar-refractivity contribution is -0.304. The summed E-state index contributed by atoms with van der Waals surface area (Å²) in [4.78, 5) is 41.4. The molecule has 54 heavy (non-hydrogen) atoms. The zero-order valence-corrected chi connectivity index (χ0v) is 34.0. The normalized spacial score (nSPS) is 43.6. The van der Waals surface area contributed by atoms with E-state index in [1.54, 1.807) is 33.8 Å². The smallest absolute Gasteiger partial charge is 0.311 e. The van der Waals surface area contributed by atoms with E-state index in [2.05, 4.69) is 0 Å². The van der Waals surface area contributed by atoms with Crippen LogP contribution in [0.3, 0.4) is 0 Å². The second kappa shape index (κ2) is 21.4. The van der Waals surface area contributed by atoms with Crippen molar-refractivity contribution in [1.82, 2.24) is 4.90 Å². The highest BCUT2D eigenvalue weighted by Crippen LogP contribution is 2.35. The summed E-state index contributed by atoms with van der Waals surface area (Å²) in [6, 6.07) is -0.269. The molecule has 3 N–H and O–H groups in total.